The minimum Gasteiger partial charge on any atom is -0.491 e. The van der Waals surface area contributed by atoms with Gasteiger partial charge < -0.3 is 24.6 Å². The number of rotatable bonds is 14. The van der Waals surface area contributed by atoms with E-state index in [1.165, 1.54) is 0 Å². The van der Waals surface area contributed by atoms with Gasteiger partial charge in [-0.15, -0.1) is 0 Å². The van der Waals surface area contributed by atoms with Crippen molar-refractivity contribution >= 4 is 22.1 Å². The molecule has 0 heterocycles. The van der Waals surface area contributed by atoms with Gasteiger partial charge in [0.1, 0.15) is 5.75 Å². The lowest BCUT2D eigenvalue weighted by Crippen LogP contribution is -2.38. The Morgan fingerprint density at radius 2 is 1.44 bits per heavy atom. The summed E-state index contributed by atoms with van der Waals surface area (Å²) in [4.78, 5) is 25.5. The quantitative estimate of drug-likeness (QED) is 0.0901. The first-order valence-corrected chi connectivity index (χ1v) is 17.1. The van der Waals surface area contributed by atoms with Crippen LogP contribution in [-0.2, 0) is 26.1 Å². The van der Waals surface area contributed by atoms with Crippen molar-refractivity contribution in [1.82, 2.24) is 5.32 Å². The van der Waals surface area contributed by atoms with Crippen LogP contribution in [0.25, 0.3) is 0 Å². The topological polar surface area (TPSA) is 148 Å². The molecule has 3 N–H and O–H groups in total. The summed E-state index contributed by atoms with van der Waals surface area (Å²) in [6.45, 7) is 16.9. The molecule has 0 aromatic heterocycles. The number of esters is 2. The molecular weight excluding hydrogens is 598 g/mol. The van der Waals surface area contributed by atoms with Gasteiger partial charge in [0, 0.05) is 18.5 Å². The van der Waals surface area contributed by atoms with Crippen molar-refractivity contribution in [3.63, 3.8) is 0 Å². The molecule has 0 aliphatic rings. The van der Waals surface area contributed by atoms with E-state index >= 15 is 0 Å². The molecule has 11 heteroatoms. The third-order valence-corrected chi connectivity index (χ3v) is 6.08. The molecule has 0 aliphatic heterocycles. The fourth-order valence-electron chi connectivity index (χ4n) is 3.98. The van der Waals surface area contributed by atoms with Crippen LogP contribution in [0.1, 0.15) is 105 Å². The van der Waals surface area contributed by atoms with Crippen LogP contribution in [0, 0.1) is 5.41 Å². The zero-order valence-corrected chi connectivity index (χ0v) is 29.1. The van der Waals surface area contributed by atoms with E-state index in [1.54, 1.807) is 18.2 Å². The molecule has 45 heavy (non-hydrogen) atoms. The number of hydrogen-bond donors (Lipinski definition) is 3. The summed E-state index contributed by atoms with van der Waals surface area (Å²) in [7, 11) is -3.67. The summed E-state index contributed by atoms with van der Waals surface area (Å²) in [5, 5.41) is 14.0. The second-order valence-corrected chi connectivity index (χ2v) is 15.1. The fourth-order valence-corrected chi connectivity index (χ4v) is 3.98. The van der Waals surface area contributed by atoms with Crippen molar-refractivity contribution in [2.45, 2.75) is 112 Å². The van der Waals surface area contributed by atoms with Gasteiger partial charge >= 0.3 is 11.9 Å². The predicted molar refractivity (Wildman–Crippen MR) is 176 cm³/mol. The Bertz CT molecular complexity index is 1300. The Morgan fingerprint density at radius 3 is 1.98 bits per heavy atom. The zero-order valence-electron chi connectivity index (χ0n) is 28.3. The molecule has 1 unspecified atom stereocenters. The first-order valence-electron chi connectivity index (χ1n) is 15.3. The van der Waals surface area contributed by atoms with Crippen LogP contribution >= 0.6 is 0 Å². The molecule has 2 aromatic rings. The molecule has 1 atom stereocenters. The van der Waals surface area contributed by atoms with Gasteiger partial charge in [-0.25, -0.2) is 0 Å². The second-order valence-electron chi connectivity index (χ2n) is 13.6. The van der Waals surface area contributed by atoms with E-state index in [9.17, 15) is 23.1 Å². The number of hydrogen-bond acceptors (Lipinski definition) is 9. The zero-order chi connectivity index (χ0) is 34.4. The smallest absolute Gasteiger partial charge is 0.315 e. The Hall–Kier alpha value is -2.99. The first kappa shape index (κ1) is 40.0. The Balaban J connectivity index is 0.00000187. The van der Waals surface area contributed by atoms with Gasteiger partial charge in [-0.2, -0.15) is 8.42 Å². The molecule has 0 bridgehead atoms. The molecule has 0 radical (unpaired) electrons. The number of ether oxygens (including phenoxy) is 3. The molecular formula is C34H53NO9S. The minimum atomic E-state index is -3.67. The van der Waals surface area contributed by atoms with Gasteiger partial charge in [0.2, 0.25) is 0 Å². The normalized spacial score (nSPS) is 12.6. The third-order valence-electron chi connectivity index (χ3n) is 6.08. The molecule has 10 nitrogen and oxygen atoms in total. The molecule has 0 spiro atoms. The number of benzene rings is 2. The third kappa shape index (κ3) is 20.6. The number of aliphatic hydroxyl groups is 1. The molecule has 0 fully saturated rings. The Labute approximate surface area is 269 Å². The van der Waals surface area contributed by atoms with Crippen molar-refractivity contribution in [3.8, 4) is 17.2 Å². The minimum absolute atomic E-state index is 0.0292. The first-order chi connectivity index (χ1) is 20.6. The summed E-state index contributed by atoms with van der Waals surface area (Å²) in [6, 6.07) is 12.1. The summed E-state index contributed by atoms with van der Waals surface area (Å²) in [6.07, 6.45) is 4.08. The Morgan fingerprint density at radius 1 is 0.867 bits per heavy atom. The SMILES string of the molecule is CC(C)Oc1ccc(CC(=O)Oc2cc(C(O)CNC(C)(C)C)ccc2OC(=O)CCCCCC(C)(C)C)cc1.CS(=O)(=O)O. The van der Waals surface area contributed by atoms with E-state index < -0.39 is 22.2 Å². The van der Waals surface area contributed by atoms with Crippen LogP contribution in [0.4, 0.5) is 0 Å². The largest absolute Gasteiger partial charge is 0.491 e. The van der Waals surface area contributed by atoms with Crippen molar-refractivity contribution in [2.75, 3.05) is 12.8 Å². The number of carbonyl (C=O) groups is 2. The lowest BCUT2D eigenvalue weighted by atomic mass is 9.89. The summed E-state index contributed by atoms with van der Waals surface area (Å²) in [5.74, 6) is 0.116. The molecule has 2 aromatic carbocycles. The van der Waals surface area contributed by atoms with Gasteiger partial charge in [-0.3, -0.25) is 14.1 Å². The molecule has 2 rings (SSSR count). The van der Waals surface area contributed by atoms with E-state index in [1.807, 2.05) is 58.9 Å². The fraction of sp³-hybridized carbons (Fsp3) is 0.588. The number of unbranched alkanes of at least 4 members (excludes halogenated alkanes) is 2. The van der Waals surface area contributed by atoms with Gasteiger partial charge in [0.25, 0.3) is 10.1 Å². The lowest BCUT2D eigenvalue weighted by molar-refractivity contribution is -0.136. The maximum Gasteiger partial charge on any atom is 0.315 e. The standard InChI is InChI=1S/C33H49NO6.CH4O3S/c1-23(2)38-26-16-13-24(14-17-26)20-31(37)40-29-21-25(27(35)22-34-33(6,7)8)15-18-28(29)39-30(36)12-10-9-11-19-32(3,4)5;1-5(2,3)4/h13-18,21,23,27,34-35H,9-12,19-20,22H2,1-8H3;1H3,(H,2,3,4). The van der Waals surface area contributed by atoms with Gasteiger partial charge in [0.15, 0.2) is 11.5 Å². The number of aliphatic hydroxyl groups excluding tert-OH is 1. The van der Waals surface area contributed by atoms with Gasteiger partial charge in [-0.05, 0) is 88.3 Å². The molecule has 0 aliphatic carbocycles. The Kier molecular flexibility index (Phi) is 16.2. The van der Waals surface area contributed by atoms with E-state index in [2.05, 4.69) is 26.1 Å². The monoisotopic (exact) mass is 651 g/mol. The van der Waals surface area contributed by atoms with Crippen molar-refractivity contribution < 1.29 is 41.9 Å². The maximum absolute atomic E-state index is 12.9. The highest BCUT2D eigenvalue weighted by atomic mass is 32.2. The summed E-state index contributed by atoms with van der Waals surface area (Å²) < 4.78 is 42.8. The summed E-state index contributed by atoms with van der Waals surface area (Å²) in [5.41, 5.74) is 1.42. The van der Waals surface area contributed by atoms with Crippen molar-refractivity contribution in [1.29, 1.82) is 0 Å². The van der Waals surface area contributed by atoms with Gasteiger partial charge in [-0.1, -0.05) is 51.8 Å². The van der Waals surface area contributed by atoms with Crippen LogP contribution in [0.15, 0.2) is 42.5 Å². The van der Waals surface area contributed by atoms with E-state index in [0.29, 0.717) is 18.4 Å². The van der Waals surface area contributed by atoms with E-state index in [4.69, 9.17) is 18.8 Å². The average molecular weight is 652 g/mol. The van der Waals surface area contributed by atoms with Crippen LogP contribution in [0.2, 0.25) is 0 Å². The van der Waals surface area contributed by atoms with E-state index in [-0.39, 0.29) is 47.4 Å². The van der Waals surface area contributed by atoms with Crippen LogP contribution in [0.5, 0.6) is 17.2 Å². The molecule has 254 valence electrons. The second kappa shape index (κ2) is 18.2. The molecule has 0 amide bonds. The highest BCUT2D eigenvalue weighted by molar-refractivity contribution is 7.85. The van der Waals surface area contributed by atoms with Gasteiger partial charge in [0.05, 0.1) is 24.9 Å². The summed E-state index contributed by atoms with van der Waals surface area (Å²) >= 11 is 0. The lowest BCUT2D eigenvalue weighted by Gasteiger charge is -2.23. The highest BCUT2D eigenvalue weighted by Crippen LogP contribution is 2.32. The maximum atomic E-state index is 12.9. The van der Waals surface area contributed by atoms with Crippen molar-refractivity contribution in [2.24, 2.45) is 5.41 Å². The van der Waals surface area contributed by atoms with Crippen LogP contribution < -0.4 is 19.5 Å². The number of nitrogens with one attached hydrogen (secondary N) is 1. The van der Waals surface area contributed by atoms with Crippen LogP contribution in [-0.4, -0.2) is 54.5 Å². The predicted octanol–water partition coefficient (Wildman–Crippen LogP) is 6.45. The van der Waals surface area contributed by atoms with Crippen molar-refractivity contribution in [3.05, 3.63) is 53.6 Å². The van der Waals surface area contributed by atoms with Crippen LogP contribution in [0.3, 0.4) is 0 Å². The molecule has 0 saturated carbocycles. The highest BCUT2D eigenvalue weighted by Gasteiger charge is 2.19. The number of carbonyl (C=O) groups excluding carboxylic acids is 2. The average Bonchev–Trinajstić information content (AvgIpc) is 2.87. The molecule has 0 saturated heterocycles. The number of β-amino-alcohol motifs (C(OH)–C–C–N with tert-alkyl or cyclic N) is 1. The van der Waals surface area contributed by atoms with E-state index in [0.717, 1.165) is 37.0 Å².